The molecule has 2 aliphatic heterocycles. The summed E-state index contributed by atoms with van der Waals surface area (Å²) in [5, 5.41) is 18.6. The third-order valence-corrected chi connectivity index (χ3v) is 7.84. The lowest BCUT2D eigenvalue weighted by Crippen LogP contribution is -2.54. The van der Waals surface area contributed by atoms with Crippen LogP contribution in [0.4, 0.5) is 4.39 Å². The molecule has 0 radical (unpaired) electrons. The Bertz CT molecular complexity index is 1170. The highest BCUT2D eigenvalue weighted by Crippen LogP contribution is 2.44. The van der Waals surface area contributed by atoms with Gasteiger partial charge in [0.25, 0.3) is 5.91 Å². The molecule has 2 fully saturated rings. The minimum absolute atomic E-state index is 0.0905. The fourth-order valence-corrected chi connectivity index (χ4v) is 5.68. The predicted molar refractivity (Wildman–Crippen MR) is 121 cm³/mol. The number of hydrogen-bond acceptors (Lipinski definition) is 4. The minimum Gasteiger partial charge on any atom is -0.348 e. The van der Waals surface area contributed by atoms with Crippen molar-refractivity contribution in [1.29, 1.82) is 5.26 Å². The molecular formula is C26H27FN4O2. The number of nitriles is 1. The van der Waals surface area contributed by atoms with Crippen LogP contribution in [0.3, 0.4) is 0 Å². The minimum atomic E-state index is -0.802. The van der Waals surface area contributed by atoms with Crippen molar-refractivity contribution in [3.63, 3.8) is 0 Å². The smallest absolute Gasteiger partial charge is 0.251 e. The van der Waals surface area contributed by atoms with E-state index in [2.05, 4.69) is 35.9 Å². The molecule has 6 nitrogen and oxygen atoms in total. The van der Waals surface area contributed by atoms with Crippen molar-refractivity contribution in [2.75, 3.05) is 0 Å². The van der Waals surface area contributed by atoms with Gasteiger partial charge < -0.3 is 16.0 Å². The lowest BCUT2D eigenvalue weighted by atomic mass is 9.84. The molecule has 1 saturated carbocycles. The summed E-state index contributed by atoms with van der Waals surface area (Å²) >= 11 is 0. The van der Waals surface area contributed by atoms with Crippen LogP contribution in [0.1, 0.15) is 41.8 Å². The molecule has 5 rings (SSSR count). The van der Waals surface area contributed by atoms with E-state index in [1.165, 1.54) is 6.07 Å². The maximum Gasteiger partial charge on any atom is 0.251 e. The highest BCUT2D eigenvalue weighted by molar-refractivity contribution is 5.98. The first-order valence-corrected chi connectivity index (χ1v) is 11.5. The average molecular weight is 447 g/mol. The predicted octanol–water partition coefficient (Wildman–Crippen LogP) is 2.92. The van der Waals surface area contributed by atoms with Crippen LogP contribution in [-0.4, -0.2) is 29.9 Å². The Morgan fingerprint density at radius 2 is 1.97 bits per heavy atom. The maximum atomic E-state index is 14.9. The molecule has 1 aliphatic carbocycles. The number of halogens is 1. The number of benzene rings is 2. The quantitative estimate of drug-likeness (QED) is 0.658. The molecule has 0 aromatic heterocycles. The normalized spacial score (nSPS) is 28.2. The largest absolute Gasteiger partial charge is 0.348 e. The van der Waals surface area contributed by atoms with E-state index in [0.717, 1.165) is 17.5 Å². The summed E-state index contributed by atoms with van der Waals surface area (Å²) in [6.45, 7) is 4.87. The van der Waals surface area contributed by atoms with Gasteiger partial charge in [-0.2, -0.15) is 5.26 Å². The zero-order valence-electron chi connectivity index (χ0n) is 18.7. The van der Waals surface area contributed by atoms with Gasteiger partial charge >= 0.3 is 0 Å². The summed E-state index contributed by atoms with van der Waals surface area (Å²) in [4.78, 5) is 24.6. The molecule has 0 spiro atoms. The Kier molecular flexibility index (Phi) is 5.41. The SMILES string of the molecule is C[C@@H]1[C@H](C)[C@@H]2C[C@@H]1[C@@H](C(=O)N[C@H](C#N)Cc1ccc(-c3ccc4c(c3)CNC4=O)cc1F)N2. The van der Waals surface area contributed by atoms with Crippen LogP contribution < -0.4 is 16.0 Å². The molecule has 170 valence electrons. The number of nitrogens with zero attached hydrogens (tertiary/aromatic N) is 1. The lowest BCUT2D eigenvalue weighted by Gasteiger charge is -2.32. The zero-order valence-corrected chi connectivity index (χ0v) is 18.7. The van der Waals surface area contributed by atoms with E-state index in [9.17, 15) is 19.2 Å². The summed E-state index contributed by atoms with van der Waals surface area (Å²) in [6.07, 6.45) is 1.09. The number of piperidine rings is 1. The first kappa shape index (κ1) is 21.6. The summed E-state index contributed by atoms with van der Waals surface area (Å²) in [7, 11) is 0. The standard InChI is InChI=1S/C26H27FN4O2/c1-13-14(2)23-10-21(13)24(31-23)26(33)30-19(11-28)8-17-4-3-16(9-22(17)27)15-5-6-20-18(7-15)12-29-25(20)32/h3-7,9,13-14,19,21,23-24,31H,8,10,12H2,1-2H3,(H,29,32)(H,30,33)/t13-,14+,19+,21+,23+,24+/m1/s1. The summed E-state index contributed by atoms with van der Waals surface area (Å²) in [6, 6.07) is 11.7. The third-order valence-electron chi connectivity index (χ3n) is 7.84. The second-order valence-electron chi connectivity index (χ2n) is 9.62. The first-order valence-electron chi connectivity index (χ1n) is 11.5. The Labute approximate surface area is 192 Å². The molecule has 2 bridgehead atoms. The number of amides is 2. The molecule has 33 heavy (non-hydrogen) atoms. The number of nitrogens with one attached hydrogen (secondary N) is 3. The van der Waals surface area contributed by atoms with Gasteiger partial charge in [0, 0.05) is 24.6 Å². The maximum absolute atomic E-state index is 14.9. The van der Waals surface area contributed by atoms with Gasteiger partial charge in [-0.1, -0.05) is 32.0 Å². The molecule has 1 saturated heterocycles. The molecule has 2 aromatic rings. The number of rotatable bonds is 5. The van der Waals surface area contributed by atoms with E-state index in [1.54, 1.807) is 24.3 Å². The van der Waals surface area contributed by atoms with Gasteiger partial charge in [0.05, 0.1) is 12.1 Å². The van der Waals surface area contributed by atoms with Crippen LogP contribution in [0, 0.1) is 34.9 Å². The van der Waals surface area contributed by atoms with Crippen molar-refractivity contribution in [2.24, 2.45) is 17.8 Å². The number of fused-ring (bicyclic) bond motifs is 3. The second-order valence-corrected chi connectivity index (χ2v) is 9.62. The lowest BCUT2D eigenvalue weighted by molar-refractivity contribution is -0.125. The zero-order chi connectivity index (χ0) is 23.3. The van der Waals surface area contributed by atoms with Crippen LogP contribution in [-0.2, 0) is 17.8 Å². The fraction of sp³-hybridized carbons (Fsp3) is 0.423. The molecule has 3 N–H and O–H groups in total. The van der Waals surface area contributed by atoms with E-state index in [4.69, 9.17) is 0 Å². The van der Waals surface area contributed by atoms with Crippen LogP contribution in [0.25, 0.3) is 11.1 Å². The topological polar surface area (TPSA) is 94.0 Å². The Hall–Kier alpha value is -3.24. The molecule has 2 aromatic carbocycles. The summed E-state index contributed by atoms with van der Waals surface area (Å²) < 4.78 is 14.9. The van der Waals surface area contributed by atoms with Gasteiger partial charge in [0.1, 0.15) is 11.9 Å². The first-order chi connectivity index (χ1) is 15.9. The molecule has 6 atom stereocenters. The number of hydrogen-bond donors (Lipinski definition) is 3. The van der Waals surface area contributed by atoms with E-state index < -0.39 is 11.9 Å². The van der Waals surface area contributed by atoms with E-state index in [1.807, 2.05) is 6.07 Å². The Balaban J connectivity index is 1.27. The monoisotopic (exact) mass is 446 g/mol. The van der Waals surface area contributed by atoms with Gasteiger partial charge in [-0.15, -0.1) is 0 Å². The van der Waals surface area contributed by atoms with Crippen molar-refractivity contribution >= 4 is 11.8 Å². The molecule has 2 heterocycles. The van der Waals surface area contributed by atoms with Crippen molar-refractivity contribution < 1.29 is 14.0 Å². The van der Waals surface area contributed by atoms with Crippen molar-refractivity contribution in [2.45, 2.75) is 51.4 Å². The Morgan fingerprint density at radius 1 is 1.21 bits per heavy atom. The van der Waals surface area contributed by atoms with Gasteiger partial charge in [0.2, 0.25) is 5.91 Å². The van der Waals surface area contributed by atoms with Crippen LogP contribution in [0.2, 0.25) is 0 Å². The number of carbonyl (C=O) groups is 2. The average Bonchev–Trinajstić information content (AvgIpc) is 3.49. The third kappa shape index (κ3) is 3.79. The fourth-order valence-electron chi connectivity index (χ4n) is 5.68. The van der Waals surface area contributed by atoms with E-state index in [0.29, 0.717) is 41.1 Å². The molecule has 2 amide bonds. The van der Waals surface area contributed by atoms with E-state index >= 15 is 0 Å². The number of carbonyl (C=O) groups excluding carboxylic acids is 2. The highest BCUT2D eigenvalue weighted by atomic mass is 19.1. The van der Waals surface area contributed by atoms with Crippen molar-refractivity contribution in [3.8, 4) is 17.2 Å². The molecular weight excluding hydrogens is 419 g/mol. The van der Waals surface area contributed by atoms with E-state index in [-0.39, 0.29) is 30.2 Å². The van der Waals surface area contributed by atoms with Gasteiger partial charge in [-0.25, -0.2) is 4.39 Å². The van der Waals surface area contributed by atoms with Gasteiger partial charge in [0.15, 0.2) is 0 Å². The Morgan fingerprint density at radius 3 is 2.67 bits per heavy atom. The van der Waals surface area contributed by atoms with Crippen molar-refractivity contribution in [3.05, 3.63) is 58.9 Å². The molecule has 7 heteroatoms. The van der Waals surface area contributed by atoms with Crippen LogP contribution in [0.15, 0.2) is 36.4 Å². The van der Waals surface area contributed by atoms with Gasteiger partial charge in [-0.3, -0.25) is 9.59 Å². The van der Waals surface area contributed by atoms with Crippen molar-refractivity contribution in [1.82, 2.24) is 16.0 Å². The summed E-state index contributed by atoms with van der Waals surface area (Å²) in [5.74, 6) is 0.597. The highest BCUT2D eigenvalue weighted by Gasteiger charge is 2.51. The second kappa shape index (κ2) is 8.27. The van der Waals surface area contributed by atoms with Gasteiger partial charge in [-0.05, 0) is 64.6 Å². The molecule has 0 unspecified atom stereocenters. The van der Waals surface area contributed by atoms with Crippen LogP contribution in [0.5, 0.6) is 0 Å². The summed E-state index contributed by atoms with van der Waals surface area (Å²) in [5.41, 5.74) is 3.45. The molecule has 3 aliphatic rings. The van der Waals surface area contributed by atoms with Crippen LogP contribution >= 0.6 is 0 Å².